The minimum absolute atomic E-state index is 0. The molecule has 0 atom stereocenters. The minimum Gasteiger partial charge on any atom is -0.324 e. The van der Waals surface area contributed by atoms with E-state index in [9.17, 15) is 0 Å². The Kier molecular flexibility index (Phi) is 6.68. The van der Waals surface area contributed by atoms with Crippen molar-refractivity contribution in [1.82, 2.24) is 39.9 Å². The van der Waals surface area contributed by atoms with Gasteiger partial charge in [0.05, 0.1) is 30.9 Å². The van der Waals surface area contributed by atoms with Gasteiger partial charge in [0.1, 0.15) is 22.6 Å². The van der Waals surface area contributed by atoms with Crippen molar-refractivity contribution >= 4 is 90.5 Å². The number of H-pyrrole nitrogens is 2. The summed E-state index contributed by atoms with van der Waals surface area (Å²) in [6.07, 6.45) is 0. The van der Waals surface area contributed by atoms with Crippen LogP contribution in [-0.2, 0) is 19.5 Å². The molecule has 5 heterocycles. The Morgan fingerprint density at radius 3 is 1.07 bits per heavy atom. The van der Waals surface area contributed by atoms with E-state index < -0.39 is 0 Å². The van der Waals surface area contributed by atoms with Gasteiger partial charge in [0, 0.05) is 52.5 Å². The maximum atomic E-state index is 6.80. The second-order valence-corrected chi connectivity index (χ2v) is 11.8. The number of rotatable bonds is 0. The first-order valence-corrected chi connectivity index (χ1v) is 14.9. The molecule has 0 unspecified atom stereocenters. The van der Waals surface area contributed by atoms with Crippen molar-refractivity contribution in [3.63, 3.8) is 0 Å². The molecule has 13 heteroatoms. The SMILES string of the molecule is Clc1c(Cl)c(Cl)c2c3nc4nc(nc5[nH]c(nc6nc(nc([nH]3)c2c1Cl)-c1ccccc1-6)c1ccccc51)-c1ccccc1-4.[Zn]. The zero-order valence-electron chi connectivity index (χ0n) is 22.8. The second kappa shape index (κ2) is 10.5. The topological polar surface area (TPSA) is 109 Å². The third-order valence-electron chi connectivity index (χ3n) is 7.76. The molecule has 0 fully saturated rings. The molecule has 9 rings (SSSR count). The van der Waals surface area contributed by atoms with Gasteiger partial charge in [-0.25, -0.2) is 29.9 Å². The van der Waals surface area contributed by atoms with Crippen molar-refractivity contribution in [2.75, 3.05) is 0 Å². The number of nitrogens with zero attached hydrogens (tertiary/aromatic N) is 6. The van der Waals surface area contributed by atoms with Gasteiger partial charge in [0.25, 0.3) is 0 Å². The molecule has 45 heavy (non-hydrogen) atoms. The van der Waals surface area contributed by atoms with Gasteiger partial charge >= 0.3 is 0 Å². The van der Waals surface area contributed by atoms with E-state index in [0.717, 1.165) is 33.0 Å². The van der Waals surface area contributed by atoms with Crippen LogP contribution in [0.2, 0.25) is 20.1 Å². The first-order valence-electron chi connectivity index (χ1n) is 13.4. The van der Waals surface area contributed by atoms with Gasteiger partial charge in [-0.05, 0) is 0 Å². The molecule has 0 spiro atoms. The number of aromatic amines is 2. The number of hydrogen-bond acceptors (Lipinski definition) is 6. The van der Waals surface area contributed by atoms with Crippen LogP contribution in [0.3, 0.4) is 0 Å². The Bertz CT molecular complexity index is 2410. The quantitative estimate of drug-likeness (QED) is 0.0919. The summed E-state index contributed by atoms with van der Waals surface area (Å²) in [5, 5.41) is 3.31. The van der Waals surface area contributed by atoms with Crippen LogP contribution < -0.4 is 0 Å². The third-order valence-corrected chi connectivity index (χ3v) is 9.57. The van der Waals surface area contributed by atoms with Crippen LogP contribution in [-0.4, -0.2) is 39.9 Å². The summed E-state index contributed by atoms with van der Waals surface area (Å²) in [6, 6.07) is 23.4. The number of aromatic nitrogens is 8. The van der Waals surface area contributed by atoms with Gasteiger partial charge in [-0.2, -0.15) is 0 Å². The molecule has 2 aliphatic rings. The van der Waals surface area contributed by atoms with Crippen molar-refractivity contribution in [2.24, 2.45) is 0 Å². The molecule has 0 aliphatic carbocycles. The second-order valence-electron chi connectivity index (χ2n) is 10.3. The molecule has 0 amide bonds. The van der Waals surface area contributed by atoms with Gasteiger partial charge in [-0.3, -0.25) is 0 Å². The summed E-state index contributed by atoms with van der Waals surface area (Å²) in [6.45, 7) is 0. The Labute approximate surface area is 286 Å². The van der Waals surface area contributed by atoms with Gasteiger partial charge in [0.2, 0.25) is 0 Å². The summed E-state index contributed by atoms with van der Waals surface area (Å²) in [4.78, 5) is 36.3. The first kappa shape index (κ1) is 28.5. The molecule has 8 bridgehead atoms. The van der Waals surface area contributed by atoms with Crippen molar-refractivity contribution < 1.29 is 19.5 Å². The van der Waals surface area contributed by atoms with Crippen LogP contribution in [0.15, 0.2) is 72.8 Å². The zero-order valence-corrected chi connectivity index (χ0v) is 28.8. The molecule has 8 nitrogen and oxygen atoms in total. The van der Waals surface area contributed by atoms with Gasteiger partial charge in [-0.1, -0.05) is 119 Å². The summed E-state index contributed by atoms with van der Waals surface area (Å²) in [7, 11) is 0. The molecule has 212 valence electrons. The summed E-state index contributed by atoms with van der Waals surface area (Å²) >= 11 is 26.7. The van der Waals surface area contributed by atoms with E-state index in [1.54, 1.807) is 0 Å². The number of hydrogen-bond donors (Lipinski definition) is 2. The van der Waals surface area contributed by atoms with E-state index in [1.807, 2.05) is 72.8 Å². The Balaban J connectivity index is 0.00000300. The molecule has 7 aromatic rings. The molecule has 0 radical (unpaired) electrons. The molecule has 3 aromatic heterocycles. The zero-order chi connectivity index (χ0) is 29.7. The molecular formula is C32H14Cl4N8Zn. The van der Waals surface area contributed by atoms with Crippen molar-refractivity contribution in [3.05, 3.63) is 92.9 Å². The monoisotopic (exact) mass is 714 g/mol. The molecule has 4 aromatic carbocycles. The van der Waals surface area contributed by atoms with Crippen LogP contribution in [0.4, 0.5) is 0 Å². The van der Waals surface area contributed by atoms with Gasteiger partial charge in [0.15, 0.2) is 23.3 Å². The Morgan fingerprint density at radius 2 is 0.689 bits per heavy atom. The van der Waals surface area contributed by atoms with E-state index in [-0.39, 0.29) is 39.6 Å². The smallest absolute Gasteiger partial charge is 0.164 e. The van der Waals surface area contributed by atoms with Crippen LogP contribution >= 0.6 is 46.4 Å². The van der Waals surface area contributed by atoms with Crippen LogP contribution in [0.5, 0.6) is 0 Å². The van der Waals surface area contributed by atoms with Crippen LogP contribution in [0, 0.1) is 0 Å². The Morgan fingerprint density at radius 1 is 0.378 bits per heavy atom. The van der Waals surface area contributed by atoms with Crippen molar-refractivity contribution in [3.8, 4) is 45.6 Å². The molecular weight excluding hydrogens is 704 g/mol. The van der Waals surface area contributed by atoms with Gasteiger partial charge < -0.3 is 9.97 Å². The average molecular weight is 718 g/mol. The predicted octanol–water partition coefficient (Wildman–Crippen LogP) is 9.48. The fourth-order valence-electron chi connectivity index (χ4n) is 5.75. The normalized spacial score (nSPS) is 11.8. The number of benzene rings is 4. The summed E-state index contributed by atoms with van der Waals surface area (Å²) in [5.41, 5.74) is 5.20. The van der Waals surface area contributed by atoms with E-state index >= 15 is 0 Å². The summed E-state index contributed by atoms with van der Waals surface area (Å²) < 4.78 is 0. The maximum Gasteiger partial charge on any atom is 0.164 e. The fourth-order valence-corrected chi connectivity index (χ4v) is 6.78. The van der Waals surface area contributed by atoms with Crippen molar-refractivity contribution in [1.29, 1.82) is 0 Å². The minimum atomic E-state index is 0. The van der Waals surface area contributed by atoms with Crippen molar-refractivity contribution in [2.45, 2.75) is 0 Å². The average Bonchev–Trinajstić information content (AvgIpc) is 3.78. The molecule has 0 saturated carbocycles. The van der Waals surface area contributed by atoms with E-state index in [0.29, 0.717) is 56.7 Å². The molecule has 0 saturated heterocycles. The number of nitrogens with one attached hydrogen (secondary N) is 2. The predicted molar refractivity (Wildman–Crippen MR) is 176 cm³/mol. The number of fused-ring (bicyclic) bond motifs is 20. The van der Waals surface area contributed by atoms with E-state index in [1.165, 1.54) is 0 Å². The Hall–Kier alpha value is -3.98. The summed E-state index contributed by atoms with van der Waals surface area (Å²) in [5.74, 6) is 1.85. The first-order chi connectivity index (χ1) is 21.5. The third kappa shape index (κ3) is 4.23. The molecule has 2 N–H and O–H groups in total. The molecule has 2 aliphatic heterocycles. The van der Waals surface area contributed by atoms with Crippen LogP contribution in [0.1, 0.15) is 0 Å². The maximum absolute atomic E-state index is 6.80. The van der Waals surface area contributed by atoms with Crippen LogP contribution in [0.25, 0.3) is 89.7 Å². The fraction of sp³-hybridized carbons (Fsp3) is 0. The van der Waals surface area contributed by atoms with Gasteiger partial charge in [-0.15, -0.1) is 0 Å². The largest absolute Gasteiger partial charge is 0.324 e. The standard InChI is InChI=1S/C32H14Cl4N8.Zn/c33-21-19-20(22(34)24(36)23(21)35)32-43-30-18-12-6-4-10-16(18)28(41-30)39-26-14-8-2-1-7-13(14)25(37-26)38-27-15-9-3-5-11-17(15)29(40-27)42-31(19)44-32;/h1-12H,(H2,37,38,39,40,41,42,43,44);. The number of halogens is 4. The van der Waals surface area contributed by atoms with E-state index in [2.05, 4.69) is 9.97 Å². The van der Waals surface area contributed by atoms with E-state index in [4.69, 9.17) is 76.3 Å².